The van der Waals surface area contributed by atoms with Crippen molar-refractivity contribution in [3.05, 3.63) is 81.6 Å². The van der Waals surface area contributed by atoms with Gasteiger partial charge in [-0.05, 0) is 163 Å². The fraction of sp³-hybridized carbons (Fsp3) is 0.596. The van der Waals surface area contributed by atoms with Crippen molar-refractivity contribution in [2.75, 3.05) is 18.6 Å². The van der Waals surface area contributed by atoms with E-state index in [2.05, 4.69) is 65.6 Å². The van der Waals surface area contributed by atoms with E-state index in [-0.39, 0.29) is 35.4 Å². The number of aromatic nitrogens is 1. The summed E-state index contributed by atoms with van der Waals surface area (Å²) < 4.78 is 55.4. The second-order valence-corrected chi connectivity index (χ2v) is 23.6. The van der Waals surface area contributed by atoms with Gasteiger partial charge in [-0.25, -0.2) is 4.79 Å². The second kappa shape index (κ2) is 18.1. The molecule has 320 valence electrons. The Hall–Kier alpha value is -3.02. The number of alkyl halides is 3. The van der Waals surface area contributed by atoms with Gasteiger partial charge in [0.2, 0.25) is 0 Å². The van der Waals surface area contributed by atoms with Crippen LogP contribution in [0.1, 0.15) is 127 Å². The number of fused-ring (bicyclic) bond motifs is 3. The van der Waals surface area contributed by atoms with E-state index in [9.17, 15) is 22.8 Å². The summed E-state index contributed by atoms with van der Waals surface area (Å²) in [6, 6.07) is 12.2. The number of anilines is 1. The van der Waals surface area contributed by atoms with Crippen molar-refractivity contribution in [3.63, 3.8) is 0 Å². The fourth-order valence-corrected chi connectivity index (χ4v) is 15.9. The molecule has 1 fully saturated rings. The number of nitrogens with zero attached hydrogens (tertiary/aromatic N) is 2. The topological polar surface area (TPSA) is 68.7 Å². The van der Waals surface area contributed by atoms with Crippen LogP contribution >= 0.6 is 24.2 Å². The highest BCUT2D eigenvalue weighted by Crippen LogP contribution is 2.58. The molecule has 4 atom stereocenters. The van der Waals surface area contributed by atoms with Gasteiger partial charge in [0.15, 0.2) is 0 Å². The first-order valence-electron chi connectivity index (χ1n) is 21.4. The third-order valence-electron chi connectivity index (χ3n) is 13.8. The molecule has 59 heavy (non-hydrogen) atoms. The van der Waals surface area contributed by atoms with Gasteiger partial charge in [-0.15, -0.1) is 12.6 Å². The van der Waals surface area contributed by atoms with Gasteiger partial charge < -0.3 is 9.47 Å². The number of pyridine rings is 1. The summed E-state index contributed by atoms with van der Waals surface area (Å²) in [5, 5.41) is 0.152. The van der Waals surface area contributed by atoms with Crippen molar-refractivity contribution in [2.45, 2.75) is 157 Å². The summed E-state index contributed by atoms with van der Waals surface area (Å²) in [5.74, 6) is -1.46. The molecule has 1 aromatic heterocycles. The molecule has 0 radical (unpaired) electrons. The largest absolute Gasteiger partial charge is 0.493 e. The third kappa shape index (κ3) is 9.13. The van der Waals surface area contributed by atoms with Crippen LogP contribution in [-0.2, 0) is 39.0 Å². The smallest absolute Gasteiger partial charge is 0.471 e. The molecule has 0 bridgehead atoms. The third-order valence-corrected chi connectivity index (χ3v) is 18.4. The highest BCUT2D eigenvalue weighted by Gasteiger charge is 2.60. The lowest BCUT2D eigenvalue weighted by atomic mass is 9.59. The molecule has 0 saturated heterocycles. The highest BCUT2D eigenvalue weighted by atomic mass is 35.5. The van der Waals surface area contributed by atoms with Crippen LogP contribution in [0.25, 0.3) is 0 Å². The lowest BCUT2D eigenvalue weighted by molar-refractivity contribution is -0.174. The number of carbonyl (C=O) groups excluding carboxylic acids is 2. The van der Waals surface area contributed by atoms with Crippen LogP contribution in [-0.4, -0.2) is 51.1 Å². The number of carbonyl (C=O) groups is 2. The normalized spacial score (nSPS) is 23.8. The SMILES string of the molecule is COC(=O)C1(N(C(=O)C(F)(F)F)c2cccc(Cl)c2)CCC2(CC1)c1cc(S)c(CC(C)[Si+](C(C)C)C(C)C)cc1C[C@@H]2C[C@@H](C)COc1ccnc2c1[C@H](C)CCC2. The summed E-state index contributed by atoms with van der Waals surface area (Å²) in [5.41, 5.74) is 5.30. The monoisotopic (exact) mass is 869 g/mol. The quantitative estimate of drug-likeness (QED) is 0.105. The van der Waals surface area contributed by atoms with Crippen LogP contribution < -0.4 is 9.64 Å². The van der Waals surface area contributed by atoms with Gasteiger partial charge >= 0.3 is 26.8 Å². The Morgan fingerprint density at radius 2 is 1.73 bits per heavy atom. The zero-order valence-electron chi connectivity index (χ0n) is 35.8. The van der Waals surface area contributed by atoms with Crippen molar-refractivity contribution in [1.29, 1.82) is 0 Å². The van der Waals surface area contributed by atoms with Crippen molar-refractivity contribution >= 4 is 50.6 Å². The van der Waals surface area contributed by atoms with Gasteiger partial charge in [-0.1, -0.05) is 37.6 Å². The average Bonchev–Trinajstić information content (AvgIpc) is 3.44. The number of ether oxygens (including phenoxy) is 2. The molecular weight excluding hydrogens is 809 g/mol. The van der Waals surface area contributed by atoms with Gasteiger partial charge in [0, 0.05) is 39.5 Å². The summed E-state index contributed by atoms with van der Waals surface area (Å²) >= 11 is 11.4. The molecule has 0 N–H and O–H groups in total. The van der Waals surface area contributed by atoms with Crippen molar-refractivity contribution in [1.82, 2.24) is 4.98 Å². The first-order chi connectivity index (χ1) is 27.8. The van der Waals surface area contributed by atoms with Crippen LogP contribution in [0.2, 0.25) is 21.6 Å². The molecule has 12 heteroatoms. The van der Waals surface area contributed by atoms with Gasteiger partial charge in [0.1, 0.15) is 11.3 Å². The van der Waals surface area contributed by atoms with Crippen molar-refractivity contribution in [2.24, 2.45) is 11.8 Å². The van der Waals surface area contributed by atoms with E-state index in [4.69, 9.17) is 33.7 Å². The molecule has 3 aromatic rings. The predicted octanol–water partition coefficient (Wildman–Crippen LogP) is 12.3. The molecule has 1 saturated carbocycles. The molecule has 6 nitrogen and oxygen atoms in total. The Morgan fingerprint density at radius 3 is 2.36 bits per heavy atom. The molecule has 1 heterocycles. The number of methoxy groups -OCH3 is 1. The molecule has 1 amide bonds. The van der Waals surface area contributed by atoms with Crippen molar-refractivity contribution < 1.29 is 32.2 Å². The zero-order valence-corrected chi connectivity index (χ0v) is 38.5. The lowest BCUT2D eigenvalue weighted by Crippen LogP contribution is -2.63. The van der Waals surface area contributed by atoms with Crippen LogP contribution in [0, 0.1) is 11.8 Å². The number of esters is 1. The molecule has 3 aliphatic carbocycles. The highest BCUT2D eigenvalue weighted by molar-refractivity contribution is 7.80. The van der Waals surface area contributed by atoms with E-state index in [1.54, 1.807) is 0 Å². The minimum Gasteiger partial charge on any atom is -0.493 e. The zero-order chi connectivity index (χ0) is 43.0. The number of aryl methyl sites for hydroxylation is 1. The minimum atomic E-state index is -5.25. The number of halogens is 4. The molecular formula is C47H61ClF3N2O4SSi+. The van der Waals surface area contributed by atoms with Gasteiger partial charge in [0.05, 0.1) is 30.3 Å². The van der Waals surface area contributed by atoms with E-state index >= 15 is 0 Å². The Bertz CT molecular complexity index is 1990. The maximum atomic E-state index is 14.5. The van der Waals surface area contributed by atoms with Crippen LogP contribution in [0.15, 0.2) is 53.6 Å². The maximum absolute atomic E-state index is 14.5. The summed E-state index contributed by atoms with van der Waals surface area (Å²) in [6.07, 6.45) is 3.03. The first-order valence-corrected chi connectivity index (χ1v) is 24.0. The molecule has 0 aliphatic heterocycles. The van der Waals surface area contributed by atoms with Crippen LogP contribution in [0.4, 0.5) is 18.9 Å². The molecule has 1 spiro atoms. The Balaban J connectivity index is 1.37. The summed E-state index contributed by atoms with van der Waals surface area (Å²) in [7, 11) is 0.501. The number of hydrogen-bond acceptors (Lipinski definition) is 6. The number of hydrogen-bond donors (Lipinski definition) is 1. The molecule has 2 aromatic carbocycles. The number of benzene rings is 2. The van der Waals surface area contributed by atoms with Crippen LogP contribution in [0.3, 0.4) is 0 Å². The van der Waals surface area contributed by atoms with E-state index in [0.29, 0.717) is 46.9 Å². The van der Waals surface area contributed by atoms with E-state index in [0.717, 1.165) is 60.4 Å². The van der Waals surface area contributed by atoms with Gasteiger partial charge in [0.25, 0.3) is 0 Å². The van der Waals surface area contributed by atoms with Crippen molar-refractivity contribution in [3.8, 4) is 5.75 Å². The number of rotatable bonds is 13. The second-order valence-electron chi connectivity index (χ2n) is 18.4. The lowest BCUT2D eigenvalue weighted by Gasteiger charge is -2.51. The maximum Gasteiger partial charge on any atom is 0.471 e. The van der Waals surface area contributed by atoms with Gasteiger partial charge in [-0.2, -0.15) is 13.2 Å². The van der Waals surface area contributed by atoms with Gasteiger partial charge in [-0.3, -0.25) is 14.7 Å². The van der Waals surface area contributed by atoms with E-state index in [1.165, 1.54) is 48.1 Å². The van der Waals surface area contributed by atoms with E-state index in [1.807, 2.05) is 12.3 Å². The molecule has 1 unspecified atom stereocenters. The van der Waals surface area contributed by atoms with Crippen LogP contribution in [0.5, 0.6) is 5.75 Å². The number of amides is 1. The Morgan fingerprint density at radius 1 is 1.03 bits per heavy atom. The first kappa shape index (κ1) is 45.5. The molecule has 3 aliphatic rings. The summed E-state index contributed by atoms with van der Waals surface area (Å²) in [6.45, 7) is 16.7. The standard InChI is InChI=1S/C47H60ClF3N2O4SSi/c1-28(2)59(29(3)4)32(7)22-34-23-33-24-35(21-30(5)27-57-40-15-20-52-39-14-9-11-31(6)42(39)40)45(38(33)26-41(34)58)16-18-46(19-17-45,44(55)56-8)53(43(54)47(49,50)51)37-13-10-12-36(48)25-37/h10,12-13,15,20,23,25-26,28-32,35H,9,11,14,16-19,21-22,24,27H2,1-8H3/p+1/t30-,31-,32?,35+,45?,46?/m1/s1. The average molecular weight is 871 g/mol. The van der Waals surface area contributed by atoms with E-state index < -0.39 is 37.8 Å². The molecule has 6 rings (SSSR count). The predicted molar refractivity (Wildman–Crippen MR) is 235 cm³/mol. The fourth-order valence-electron chi connectivity index (χ4n) is 11.4. The number of thiol groups is 1. The Labute approximate surface area is 361 Å². The Kier molecular flexibility index (Phi) is 14.0. The minimum absolute atomic E-state index is 0.0227. The summed E-state index contributed by atoms with van der Waals surface area (Å²) in [4.78, 5) is 33.6.